The molecule has 30 heavy (non-hydrogen) atoms. The highest BCUT2D eigenvalue weighted by molar-refractivity contribution is 5.83. The smallest absolute Gasteiger partial charge is 0.226 e. The maximum atomic E-state index is 13.4. The van der Waals surface area contributed by atoms with Gasteiger partial charge in [0.15, 0.2) is 0 Å². The highest BCUT2D eigenvalue weighted by atomic mass is 16.5. The van der Waals surface area contributed by atoms with E-state index in [1.165, 1.54) is 5.56 Å². The molecule has 1 aromatic heterocycles. The average Bonchev–Trinajstić information content (AvgIpc) is 2.73. The molecule has 1 amide bonds. The minimum Gasteiger partial charge on any atom is -0.381 e. The molecule has 1 aromatic carbocycles. The van der Waals surface area contributed by atoms with Crippen LogP contribution in [-0.4, -0.2) is 56.2 Å². The molecule has 0 radical (unpaired) electrons. The van der Waals surface area contributed by atoms with E-state index in [9.17, 15) is 4.79 Å². The number of nitrogens with one attached hydrogen (secondary N) is 1. The molecule has 5 nitrogen and oxygen atoms in total. The van der Waals surface area contributed by atoms with Gasteiger partial charge in [0.1, 0.15) is 0 Å². The largest absolute Gasteiger partial charge is 0.381 e. The van der Waals surface area contributed by atoms with Crippen LogP contribution in [-0.2, 0) is 16.0 Å². The number of rotatable bonds is 8. The molecule has 0 saturated carbocycles. The van der Waals surface area contributed by atoms with E-state index in [2.05, 4.69) is 73.5 Å². The third-order valence-electron chi connectivity index (χ3n) is 5.89. The first-order valence-electron chi connectivity index (χ1n) is 10.8. The van der Waals surface area contributed by atoms with Gasteiger partial charge in [-0.2, -0.15) is 0 Å². The number of pyridine rings is 1. The summed E-state index contributed by atoms with van der Waals surface area (Å²) in [4.78, 5) is 19.7. The van der Waals surface area contributed by atoms with Crippen molar-refractivity contribution < 1.29 is 9.53 Å². The maximum absolute atomic E-state index is 13.4. The third kappa shape index (κ3) is 5.89. The van der Waals surface area contributed by atoms with Crippen LogP contribution in [0.25, 0.3) is 11.1 Å². The van der Waals surface area contributed by atoms with Crippen LogP contribution in [0.2, 0.25) is 0 Å². The summed E-state index contributed by atoms with van der Waals surface area (Å²) in [5.74, 6) is 0.161. The predicted molar refractivity (Wildman–Crippen MR) is 121 cm³/mol. The van der Waals surface area contributed by atoms with Crippen molar-refractivity contribution >= 4 is 5.91 Å². The lowest BCUT2D eigenvalue weighted by atomic mass is 9.74. The van der Waals surface area contributed by atoms with Gasteiger partial charge in [0.25, 0.3) is 0 Å². The molecule has 2 aromatic rings. The lowest BCUT2D eigenvalue weighted by Crippen LogP contribution is -2.49. The van der Waals surface area contributed by atoms with Gasteiger partial charge >= 0.3 is 0 Å². The molecular weight excluding hydrogens is 374 g/mol. The molecule has 0 bridgehead atoms. The molecule has 1 aliphatic rings. The van der Waals surface area contributed by atoms with Crippen LogP contribution >= 0.6 is 0 Å². The Morgan fingerprint density at radius 1 is 1.13 bits per heavy atom. The molecule has 1 fully saturated rings. The number of carbonyl (C=O) groups excluding carboxylic acids is 1. The summed E-state index contributed by atoms with van der Waals surface area (Å²) >= 11 is 0. The Labute approximate surface area is 180 Å². The minimum absolute atomic E-state index is 0.0247. The summed E-state index contributed by atoms with van der Waals surface area (Å²) in [5, 5.41) is 3.27. The Morgan fingerprint density at radius 2 is 1.83 bits per heavy atom. The molecule has 1 saturated heterocycles. The molecule has 0 atom stereocenters. The SMILES string of the molecule is CN(C)CC(C)(C)CNC(=O)C1(Cc2ccc(-c3cccnc3)cc2)CCOCC1. The fourth-order valence-corrected chi connectivity index (χ4v) is 4.40. The van der Waals surface area contributed by atoms with Crippen molar-refractivity contribution in [2.24, 2.45) is 10.8 Å². The van der Waals surface area contributed by atoms with Crippen LogP contribution in [0.4, 0.5) is 0 Å². The van der Waals surface area contributed by atoms with E-state index in [0.717, 1.165) is 36.9 Å². The van der Waals surface area contributed by atoms with E-state index in [0.29, 0.717) is 19.8 Å². The zero-order valence-corrected chi connectivity index (χ0v) is 18.8. The summed E-state index contributed by atoms with van der Waals surface area (Å²) in [7, 11) is 4.14. The predicted octanol–water partition coefficient (Wildman–Crippen LogP) is 3.79. The standard InChI is InChI=1S/C25H35N3O2/c1-24(2,19-28(3)4)18-27-23(29)25(11-14-30-15-12-25)16-20-7-9-21(10-8-20)22-6-5-13-26-17-22/h5-10,13,17H,11-12,14-16,18-19H2,1-4H3,(H,27,29). The molecule has 1 N–H and O–H groups in total. The van der Waals surface area contributed by atoms with Crippen LogP contribution in [0.15, 0.2) is 48.8 Å². The zero-order chi connectivity index (χ0) is 21.6. The van der Waals surface area contributed by atoms with E-state index in [1.54, 1.807) is 6.20 Å². The number of carbonyl (C=O) groups is 1. The second-order valence-corrected chi connectivity index (χ2v) is 9.59. The third-order valence-corrected chi connectivity index (χ3v) is 5.89. The first kappa shape index (κ1) is 22.4. The van der Waals surface area contributed by atoms with Crippen LogP contribution < -0.4 is 5.32 Å². The van der Waals surface area contributed by atoms with Crippen LogP contribution in [0.1, 0.15) is 32.3 Å². The number of aromatic nitrogens is 1. The van der Waals surface area contributed by atoms with Gasteiger partial charge in [-0.15, -0.1) is 0 Å². The highest BCUT2D eigenvalue weighted by Crippen LogP contribution is 2.35. The summed E-state index contributed by atoms with van der Waals surface area (Å²) in [5.41, 5.74) is 3.06. The number of ether oxygens (including phenoxy) is 1. The minimum atomic E-state index is -0.401. The quantitative estimate of drug-likeness (QED) is 0.721. The number of nitrogens with zero attached hydrogens (tertiary/aromatic N) is 2. The number of benzene rings is 1. The summed E-state index contributed by atoms with van der Waals surface area (Å²) in [6, 6.07) is 12.5. The number of hydrogen-bond donors (Lipinski definition) is 1. The zero-order valence-electron chi connectivity index (χ0n) is 18.8. The van der Waals surface area contributed by atoms with Gasteiger partial charge in [0.2, 0.25) is 5.91 Å². The van der Waals surface area contributed by atoms with E-state index in [-0.39, 0.29) is 11.3 Å². The van der Waals surface area contributed by atoms with Gasteiger partial charge in [-0.1, -0.05) is 44.2 Å². The fraction of sp³-hybridized carbons (Fsp3) is 0.520. The summed E-state index contributed by atoms with van der Waals surface area (Å²) in [6.07, 6.45) is 5.92. The fourth-order valence-electron chi connectivity index (χ4n) is 4.40. The molecule has 162 valence electrons. The average molecular weight is 410 g/mol. The van der Waals surface area contributed by atoms with Crippen molar-refractivity contribution in [3.05, 3.63) is 54.4 Å². The highest BCUT2D eigenvalue weighted by Gasteiger charge is 2.40. The normalized spacial score (nSPS) is 16.4. The van der Waals surface area contributed by atoms with Gasteiger partial charge in [0.05, 0.1) is 5.41 Å². The van der Waals surface area contributed by atoms with Crippen molar-refractivity contribution in [3.8, 4) is 11.1 Å². The van der Waals surface area contributed by atoms with Crippen molar-refractivity contribution in [3.63, 3.8) is 0 Å². The molecule has 5 heteroatoms. The topological polar surface area (TPSA) is 54.5 Å². The van der Waals surface area contributed by atoms with E-state index in [1.807, 2.05) is 12.3 Å². The van der Waals surface area contributed by atoms with Gasteiger partial charge in [0, 0.05) is 38.7 Å². The summed E-state index contributed by atoms with van der Waals surface area (Å²) in [6.45, 7) is 7.28. The molecule has 2 heterocycles. The lowest BCUT2D eigenvalue weighted by molar-refractivity contribution is -0.137. The van der Waals surface area contributed by atoms with E-state index >= 15 is 0 Å². The second-order valence-electron chi connectivity index (χ2n) is 9.59. The molecule has 1 aliphatic heterocycles. The van der Waals surface area contributed by atoms with Crippen molar-refractivity contribution in [1.29, 1.82) is 0 Å². The molecule has 0 unspecified atom stereocenters. The Bertz CT molecular complexity index is 810. The number of amides is 1. The van der Waals surface area contributed by atoms with Gasteiger partial charge in [-0.25, -0.2) is 0 Å². The van der Waals surface area contributed by atoms with Gasteiger partial charge in [-0.3, -0.25) is 9.78 Å². The second kappa shape index (κ2) is 9.71. The van der Waals surface area contributed by atoms with Gasteiger partial charge < -0.3 is 15.0 Å². The molecule has 3 rings (SSSR count). The Hall–Kier alpha value is -2.24. The Kier molecular flexibility index (Phi) is 7.27. The van der Waals surface area contributed by atoms with Crippen LogP contribution in [0.3, 0.4) is 0 Å². The first-order chi connectivity index (χ1) is 14.3. The molecule has 0 aliphatic carbocycles. The molecular formula is C25H35N3O2. The van der Waals surface area contributed by atoms with Crippen LogP contribution in [0.5, 0.6) is 0 Å². The van der Waals surface area contributed by atoms with Crippen molar-refractivity contribution in [2.45, 2.75) is 33.1 Å². The molecule has 0 spiro atoms. The number of hydrogen-bond acceptors (Lipinski definition) is 4. The lowest BCUT2D eigenvalue weighted by Gasteiger charge is -2.37. The maximum Gasteiger partial charge on any atom is 0.226 e. The van der Waals surface area contributed by atoms with Crippen LogP contribution in [0, 0.1) is 10.8 Å². The van der Waals surface area contributed by atoms with E-state index in [4.69, 9.17) is 4.74 Å². The van der Waals surface area contributed by atoms with E-state index < -0.39 is 5.41 Å². The van der Waals surface area contributed by atoms with Gasteiger partial charge in [-0.05, 0) is 61.5 Å². The van der Waals surface area contributed by atoms with Crippen molar-refractivity contribution in [1.82, 2.24) is 15.2 Å². The summed E-state index contributed by atoms with van der Waals surface area (Å²) < 4.78 is 5.59. The Morgan fingerprint density at radius 3 is 2.43 bits per heavy atom. The Balaban J connectivity index is 1.71. The first-order valence-corrected chi connectivity index (χ1v) is 10.8. The van der Waals surface area contributed by atoms with Crippen molar-refractivity contribution in [2.75, 3.05) is 40.4 Å². The monoisotopic (exact) mass is 409 g/mol.